The van der Waals surface area contributed by atoms with Crippen molar-refractivity contribution in [1.82, 2.24) is 57.5 Å². The van der Waals surface area contributed by atoms with Crippen molar-refractivity contribution < 1.29 is 41.1 Å². The summed E-state index contributed by atoms with van der Waals surface area (Å²) >= 11 is 2.78. The number of anilines is 4. The second-order valence-electron chi connectivity index (χ2n) is 37.3. The van der Waals surface area contributed by atoms with Crippen molar-refractivity contribution in [3.8, 4) is 45.7 Å². The quantitative estimate of drug-likeness (QED) is 0.0258. The molecule has 6 aliphatic rings. The number of ether oxygens (including phenoxy) is 3. The Kier molecular flexibility index (Phi) is 34.5. The van der Waals surface area contributed by atoms with E-state index < -0.39 is 30.7 Å². The number of phenols is 1. The Bertz CT molecular complexity index is 7530. The van der Waals surface area contributed by atoms with Crippen molar-refractivity contribution in [3.63, 3.8) is 0 Å². The largest absolute Gasteiger partial charge is 0.508 e. The second-order valence-corrected chi connectivity index (χ2v) is 43.2. The maximum absolute atomic E-state index is 13.8. The fourth-order valence-corrected chi connectivity index (χ4v) is 24.5. The van der Waals surface area contributed by atoms with Crippen LogP contribution in [0.2, 0.25) is 0 Å². The van der Waals surface area contributed by atoms with Gasteiger partial charge in [-0.05, 0) is 150 Å². The van der Waals surface area contributed by atoms with Crippen LogP contribution in [0.25, 0.3) is 22.7 Å². The molecule has 768 valence electrons. The summed E-state index contributed by atoms with van der Waals surface area (Å²) in [5.74, 6) is 3.12. The van der Waals surface area contributed by atoms with E-state index in [2.05, 4.69) is 95.4 Å². The number of sulfonamides is 2. The first-order valence-corrected chi connectivity index (χ1v) is 55.0. The molecule has 149 heavy (non-hydrogen) atoms. The average Bonchev–Trinajstić information content (AvgIpc) is 1.27. The van der Waals surface area contributed by atoms with Gasteiger partial charge in [-0.15, -0.1) is 11.8 Å². The van der Waals surface area contributed by atoms with Crippen LogP contribution >= 0.6 is 23.5 Å². The molecular formula is C114H119N17O14S4. The number of piperazine rings is 4. The Hall–Kier alpha value is -14.8. The van der Waals surface area contributed by atoms with Crippen LogP contribution in [-0.2, 0) is 51.7 Å². The fraction of sp³-hybridized carbons (Fsp3) is 0.281. The van der Waals surface area contributed by atoms with Gasteiger partial charge in [0.1, 0.15) is 38.8 Å². The molecular weight excluding hydrogens is 1960 g/mol. The first kappa shape index (κ1) is 104. The number of para-hydroxylation sites is 5. The van der Waals surface area contributed by atoms with Crippen molar-refractivity contribution in [2.24, 2.45) is 5.92 Å². The standard InChI is InChI=1S/C31H32N4O2.C29H36N4O3.C27H25N5O5S2.C27H26N4O4S2/c1-23-8-7-9-24(18-23)22-33-14-16-34(17-15-33)29-21-32-35(27-12-3-2-4-13-27)31(36)30(29)37-28-19-25-10-5-6-11-26(25)20-28;34-26-13-11-24(12-14-26)22-31-16-18-32(19-17-31)27-21-30-33(25-9-5-2-6-10-25)29(35)28(27)36-20-15-23-7-3-1-4-8-23;33-27-26(38-20-21-9-3-1-4-10-21)24(19-28-31(27)22-11-5-2-6-12-22)29-15-17-30(18-16-29)39(36,37)25-14-8-7-13-23(25)32(34)35;1-35-22-12-14-23(15-13-22)36-26-25(20-28-31(27(26)32)21-8-4-2-5-9-21)29-16-18-30(19-17-29)37(33,34)24-10-6-3-7-11-24/h2-13,18,21,28H,14-17,19-20,22H2,1H3;2,5-6,9-14,21,23,34H,1,3-4,7-8,15-20,22H2;1-14,19H,15-18,20H2;2-15,20H,16-19H2,1H3. The van der Waals surface area contributed by atoms with E-state index in [0.29, 0.717) is 102 Å². The molecule has 2 aliphatic carbocycles. The van der Waals surface area contributed by atoms with Crippen molar-refractivity contribution >= 4 is 72.0 Å². The zero-order valence-corrected chi connectivity index (χ0v) is 86.4. The molecule has 21 rings (SSSR count). The predicted molar refractivity (Wildman–Crippen MR) is 583 cm³/mol. The van der Waals surface area contributed by atoms with E-state index in [1.54, 1.807) is 68.2 Å². The zero-order valence-electron chi connectivity index (χ0n) is 83.1. The molecule has 31 nitrogen and oxygen atoms in total. The van der Waals surface area contributed by atoms with Gasteiger partial charge in [0.25, 0.3) is 16.8 Å². The summed E-state index contributed by atoms with van der Waals surface area (Å²) in [6.45, 7) is 13.6. The van der Waals surface area contributed by atoms with Crippen LogP contribution in [0, 0.1) is 23.0 Å². The molecule has 0 unspecified atom stereocenters. The van der Waals surface area contributed by atoms with Crippen LogP contribution < -0.4 is 56.0 Å². The van der Waals surface area contributed by atoms with Crippen molar-refractivity contribution in [3.05, 3.63) is 413 Å². The van der Waals surface area contributed by atoms with E-state index in [4.69, 9.17) is 14.2 Å². The summed E-state index contributed by atoms with van der Waals surface area (Å²) in [6.07, 6.45) is 16.0. The normalized spacial score (nSPS) is 15.5. The molecule has 11 aromatic carbocycles. The lowest BCUT2D eigenvalue weighted by Crippen LogP contribution is -2.49. The van der Waals surface area contributed by atoms with E-state index in [-0.39, 0.29) is 57.0 Å². The lowest BCUT2D eigenvalue weighted by molar-refractivity contribution is -0.387. The highest BCUT2D eigenvalue weighted by atomic mass is 32.2. The van der Waals surface area contributed by atoms with Gasteiger partial charge in [-0.2, -0.15) is 47.7 Å². The monoisotopic (exact) mass is 2080 g/mol. The average molecular weight is 2080 g/mol. The van der Waals surface area contributed by atoms with Crippen LogP contribution in [-0.4, -0.2) is 209 Å². The molecule has 4 aliphatic heterocycles. The highest BCUT2D eigenvalue weighted by Crippen LogP contribution is 2.39. The Morgan fingerprint density at radius 3 is 1.34 bits per heavy atom. The summed E-state index contributed by atoms with van der Waals surface area (Å²) in [7, 11) is -6.04. The molecule has 0 radical (unpaired) electrons. The third-order valence-corrected chi connectivity index (χ3v) is 33.5. The second kappa shape index (κ2) is 49.3. The van der Waals surface area contributed by atoms with E-state index >= 15 is 0 Å². The third-order valence-electron chi connectivity index (χ3n) is 27.4. The molecule has 1 saturated carbocycles. The van der Waals surface area contributed by atoms with Crippen LogP contribution in [0.1, 0.15) is 71.9 Å². The number of aryl methyl sites for hydroxylation is 1. The summed E-state index contributed by atoms with van der Waals surface area (Å²) in [6, 6.07) is 93.2. The molecule has 0 bridgehead atoms. The number of nitro groups is 1. The van der Waals surface area contributed by atoms with Gasteiger partial charge in [-0.3, -0.25) is 39.1 Å². The number of aromatic hydroxyl groups is 1. The fourth-order valence-electron chi connectivity index (χ4n) is 19.4. The van der Waals surface area contributed by atoms with E-state index in [9.17, 15) is 51.2 Å². The summed E-state index contributed by atoms with van der Waals surface area (Å²) in [5.41, 5.74) is 11.8. The van der Waals surface area contributed by atoms with Crippen molar-refractivity contribution in [2.75, 3.05) is 138 Å². The summed E-state index contributed by atoms with van der Waals surface area (Å²) in [5, 5.41) is 38.9. The minimum atomic E-state index is -4.07. The van der Waals surface area contributed by atoms with Gasteiger partial charge in [0, 0.05) is 147 Å². The molecule has 0 spiro atoms. The molecule has 5 fully saturated rings. The number of rotatable bonds is 29. The number of hydrogen-bond donors (Lipinski definition) is 1. The van der Waals surface area contributed by atoms with Gasteiger partial charge >= 0.3 is 11.1 Å². The number of benzene rings is 11. The highest BCUT2D eigenvalue weighted by molar-refractivity contribution is 7.99. The number of fused-ring (bicyclic) bond motifs is 1. The van der Waals surface area contributed by atoms with Crippen LogP contribution in [0.4, 0.5) is 28.4 Å². The Morgan fingerprint density at radius 2 is 0.832 bits per heavy atom. The highest BCUT2D eigenvalue weighted by Gasteiger charge is 2.37. The van der Waals surface area contributed by atoms with Crippen molar-refractivity contribution in [1.29, 1.82) is 0 Å². The van der Waals surface area contributed by atoms with Gasteiger partial charge < -0.3 is 38.9 Å². The van der Waals surface area contributed by atoms with Gasteiger partial charge in [0.2, 0.25) is 31.5 Å². The molecule has 15 aromatic rings. The third kappa shape index (κ3) is 25.8. The molecule has 8 heterocycles. The molecule has 4 aromatic heterocycles. The molecule has 1 N–H and O–H groups in total. The Labute approximate surface area is 875 Å². The number of nitrogens with zero attached hydrogens (tertiary/aromatic N) is 17. The molecule has 4 saturated heterocycles. The van der Waals surface area contributed by atoms with E-state index in [1.807, 2.05) is 204 Å². The lowest BCUT2D eigenvalue weighted by atomic mass is 9.87. The number of hydrogen-bond acceptors (Lipinski definition) is 26. The first-order chi connectivity index (χ1) is 72.6. The van der Waals surface area contributed by atoms with Crippen molar-refractivity contribution in [2.45, 2.75) is 108 Å². The first-order valence-electron chi connectivity index (χ1n) is 50.3. The molecule has 0 amide bonds. The van der Waals surface area contributed by atoms with Gasteiger partial charge in [-0.1, -0.05) is 244 Å². The molecule has 0 atom stereocenters. The number of methoxy groups -OCH3 is 1. The number of aromatic nitrogens is 8. The predicted octanol–water partition coefficient (Wildman–Crippen LogP) is 16.9. The van der Waals surface area contributed by atoms with Gasteiger partial charge in [0.15, 0.2) is 4.90 Å². The van der Waals surface area contributed by atoms with Gasteiger partial charge in [-0.25, -0.2) is 16.8 Å². The number of thioether (sulfide) groups is 1. The maximum Gasteiger partial charge on any atom is 0.316 e. The summed E-state index contributed by atoms with van der Waals surface area (Å²) < 4.78 is 79.2. The Morgan fingerprint density at radius 1 is 0.416 bits per heavy atom. The lowest BCUT2D eigenvalue weighted by Gasteiger charge is -2.36. The van der Waals surface area contributed by atoms with Crippen LogP contribution in [0.3, 0.4) is 0 Å². The summed E-state index contributed by atoms with van der Waals surface area (Å²) in [4.78, 5) is 80.6. The topological polar surface area (TPSA) is 325 Å². The zero-order chi connectivity index (χ0) is 103. The minimum Gasteiger partial charge on any atom is -0.508 e. The number of phenolic OH excluding ortho intramolecular Hbond substituents is 1. The minimum absolute atomic E-state index is 0.0573. The maximum atomic E-state index is 13.8. The van der Waals surface area contributed by atoms with Crippen LogP contribution in [0.5, 0.6) is 23.0 Å². The SMILES string of the molecule is COc1ccc(Sc2c(N3CCN(S(=O)(=O)c4ccccc4)CC3)cnn(-c3ccccc3)c2=O)cc1.Cc1cccc(CN2CCN(c3cnn(-c4ccccc4)c(=O)c3OC3Cc4ccccc4C3)CC2)c1.O=c1c(OCCC2CCCCC2)c(N2CCN(Cc3ccc(O)cc3)CC2)cnn1-c1ccccc1.O=c1c(SCc2ccccc2)c(N2CCN(S(=O)(=O)c3ccccc3[N+](=O)[O-])CC2)cnn1-c1ccccc1. The van der Waals surface area contributed by atoms with Crippen LogP contribution in [0.15, 0.2) is 372 Å². The Balaban J connectivity index is 0.000000130. The van der Waals surface area contributed by atoms with Gasteiger partial charge in [0.05, 0.1) is 82.4 Å². The van der Waals surface area contributed by atoms with E-state index in [0.717, 1.165) is 124 Å². The smallest absolute Gasteiger partial charge is 0.316 e. The molecule has 35 heteroatoms. The van der Waals surface area contributed by atoms with E-state index in [1.165, 1.54) is 135 Å². The number of nitro benzene ring substituents is 1.